The first-order chi connectivity index (χ1) is 12.6. The molecule has 9 heteroatoms. The fourth-order valence-electron chi connectivity index (χ4n) is 2.58. The fourth-order valence-corrected chi connectivity index (χ4v) is 3.33. The van der Waals surface area contributed by atoms with Crippen molar-refractivity contribution in [2.45, 2.75) is 24.8 Å². The smallest absolute Gasteiger partial charge is 0.251 e. The Bertz CT molecular complexity index is 1040. The largest absolute Gasteiger partial charge is 0.466 e. The van der Waals surface area contributed by atoms with Crippen LogP contribution in [0.2, 0.25) is 0 Å². The average Bonchev–Trinajstić information content (AvgIpc) is 3.33. The molecule has 0 aromatic carbocycles. The van der Waals surface area contributed by atoms with E-state index in [9.17, 15) is 0 Å². The highest BCUT2D eigenvalue weighted by atomic mass is 32.2. The van der Waals surface area contributed by atoms with Gasteiger partial charge in [-0.2, -0.15) is 0 Å². The Hall–Kier alpha value is -2.94. The molecular formula is C17H16N6O2S. The summed E-state index contributed by atoms with van der Waals surface area (Å²) in [4.78, 5) is 4.02. The normalized spacial score (nSPS) is 11.2. The first kappa shape index (κ1) is 16.5. The number of furan rings is 1. The van der Waals surface area contributed by atoms with Crippen LogP contribution in [0.1, 0.15) is 17.4 Å². The quantitative estimate of drug-likeness (QED) is 0.494. The Balaban J connectivity index is 1.49. The summed E-state index contributed by atoms with van der Waals surface area (Å²) in [6, 6.07) is 5.69. The van der Waals surface area contributed by atoms with Crippen molar-refractivity contribution in [1.82, 2.24) is 29.9 Å². The van der Waals surface area contributed by atoms with Crippen LogP contribution in [0.25, 0.3) is 22.8 Å². The SMILES string of the molecule is Cc1cc(-c2nnc(CSc3nnc(-c4ccncc4)n3C)o2)c(C)o1. The average molecular weight is 368 g/mol. The molecule has 0 unspecified atom stereocenters. The Morgan fingerprint density at radius 1 is 1.04 bits per heavy atom. The van der Waals surface area contributed by atoms with Gasteiger partial charge in [-0.25, -0.2) is 0 Å². The van der Waals surface area contributed by atoms with Crippen molar-refractivity contribution in [1.29, 1.82) is 0 Å². The Labute approximate surface area is 153 Å². The molecule has 0 radical (unpaired) electrons. The van der Waals surface area contributed by atoms with Gasteiger partial charge in [0.05, 0.1) is 11.3 Å². The molecule has 0 aliphatic rings. The Morgan fingerprint density at radius 3 is 2.58 bits per heavy atom. The molecular weight excluding hydrogens is 352 g/mol. The van der Waals surface area contributed by atoms with Crippen molar-refractivity contribution >= 4 is 11.8 Å². The van der Waals surface area contributed by atoms with E-state index in [1.54, 1.807) is 12.4 Å². The van der Waals surface area contributed by atoms with Gasteiger partial charge in [-0.1, -0.05) is 11.8 Å². The predicted octanol–water partition coefficient (Wildman–Crippen LogP) is 3.43. The van der Waals surface area contributed by atoms with E-state index < -0.39 is 0 Å². The molecule has 0 spiro atoms. The van der Waals surface area contributed by atoms with Crippen LogP contribution in [0.3, 0.4) is 0 Å². The highest BCUT2D eigenvalue weighted by Gasteiger charge is 2.16. The maximum Gasteiger partial charge on any atom is 0.251 e. The lowest BCUT2D eigenvalue weighted by Gasteiger charge is -2.02. The van der Waals surface area contributed by atoms with Crippen LogP contribution in [-0.2, 0) is 12.8 Å². The van der Waals surface area contributed by atoms with Gasteiger partial charge in [-0.05, 0) is 32.0 Å². The zero-order valence-electron chi connectivity index (χ0n) is 14.5. The molecule has 8 nitrogen and oxygen atoms in total. The van der Waals surface area contributed by atoms with E-state index in [-0.39, 0.29) is 0 Å². The zero-order chi connectivity index (χ0) is 18.1. The molecule has 4 aromatic rings. The maximum absolute atomic E-state index is 5.75. The third-order valence-electron chi connectivity index (χ3n) is 3.84. The second kappa shape index (κ2) is 6.75. The van der Waals surface area contributed by atoms with Gasteiger partial charge >= 0.3 is 0 Å². The van der Waals surface area contributed by atoms with E-state index in [0.717, 1.165) is 33.6 Å². The van der Waals surface area contributed by atoms with Crippen LogP contribution in [0.5, 0.6) is 0 Å². The second-order valence-corrected chi connectivity index (χ2v) is 6.66. The molecule has 4 aromatic heterocycles. The van der Waals surface area contributed by atoms with Crippen molar-refractivity contribution in [3.63, 3.8) is 0 Å². The lowest BCUT2D eigenvalue weighted by atomic mass is 10.2. The standard InChI is InChI=1S/C17H16N6O2S/c1-10-8-13(11(2)24-10)16-21-19-14(25-16)9-26-17-22-20-15(23(17)3)12-4-6-18-7-5-12/h4-8H,9H2,1-3H3. The van der Waals surface area contributed by atoms with E-state index in [0.29, 0.717) is 17.5 Å². The van der Waals surface area contributed by atoms with Crippen LogP contribution in [-0.4, -0.2) is 29.9 Å². The summed E-state index contributed by atoms with van der Waals surface area (Å²) in [7, 11) is 1.93. The van der Waals surface area contributed by atoms with Crippen LogP contribution >= 0.6 is 11.8 Å². The lowest BCUT2D eigenvalue weighted by molar-refractivity contribution is 0.499. The highest BCUT2D eigenvalue weighted by molar-refractivity contribution is 7.98. The summed E-state index contributed by atoms with van der Waals surface area (Å²) in [6.07, 6.45) is 3.47. The number of rotatable bonds is 5. The molecule has 4 heterocycles. The summed E-state index contributed by atoms with van der Waals surface area (Å²) in [5, 5.41) is 17.5. The van der Waals surface area contributed by atoms with Crippen LogP contribution in [0.4, 0.5) is 0 Å². The van der Waals surface area contributed by atoms with Gasteiger partial charge in [0.2, 0.25) is 5.89 Å². The number of nitrogens with zero attached hydrogens (tertiary/aromatic N) is 6. The maximum atomic E-state index is 5.75. The topological polar surface area (TPSA) is 95.7 Å². The van der Waals surface area contributed by atoms with E-state index in [2.05, 4.69) is 25.4 Å². The van der Waals surface area contributed by atoms with Crippen LogP contribution in [0, 0.1) is 13.8 Å². The molecule has 4 rings (SSSR count). The number of hydrogen-bond acceptors (Lipinski definition) is 8. The van der Waals surface area contributed by atoms with E-state index in [1.165, 1.54) is 11.8 Å². The molecule has 0 bridgehead atoms. The van der Waals surface area contributed by atoms with E-state index >= 15 is 0 Å². The third kappa shape index (κ3) is 3.13. The zero-order valence-corrected chi connectivity index (χ0v) is 15.3. The Morgan fingerprint density at radius 2 is 1.85 bits per heavy atom. The van der Waals surface area contributed by atoms with Gasteiger partial charge in [-0.3, -0.25) is 4.98 Å². The third-order valence-corrected chi connectivity index (χ3v) is 4.84. The number of thioether (sulfide) groups is 1. The summed E-state index contributed by atoms with van der Waals surface area (Å²) in [6.45, 7) is 3.76. The molecule has 0 fully saturated rings. The number of pyridine rings is 1. The monoisotopic (exact) mass is 368 g/mol. The first-order valence-corrected chi connectivity index (χ1v) is 8.93. The van der Waals surface area contributed by atoms with Crippen molar-refractivity contribution in [2.24, 2.45) is 7.05 Å². The van der Waals surface area contributed by atoms with E-state index in [1.807, 2.05) is 43.7 Å². The number of aryl methyl sites for hydroxylation is 2. The predicted molar refractivity (Wildman–Crippen MR) is 95.3 cm³/mol. The van der Waals surface area contributed by atoms with Gasteiger partial charge in [0, 0.05) is 25.0 Å². The van der Waals surface area contributed by atoms with Crippen LogP contribution in [0.15, 0.2) is 44.6 Å². The fraction of sp³-hybridized carbons (Fsp3) is 0.235. The lowest BCUT2D eigenvalue weighted by Crippen LogP contribution is -1.95. The van der Waals surface area contributed by atoms with Gasteiger partial charge in [0.15, 0.2) is 11.0 Å². The molecule has 132 valence electrons. The summed E-state index contributed by atoms with van der Waals surface area (Å²) in [5.41, 5.74) is 1.79. The van der Waals surface area contributed by atoms with Gasteiger partial charge < -0.3 is 13.4 Å². The van der Waals surface area contributed by atoms with Gasteiger partial charge in [0.1, 0.15) is 11.5 Å². The molecule has 0 N–H and O–H groups in total. The van der Waals surface area contributed by atoms with Crippen molar-refractivity contribution in [3.8, 4) is 22.8 Å². The molecule has 0 aliphatic carbocycles. The summed E-state index contributed by atoms with van der Waals surface area (Å²) < 4.78 is 13.2. The van der Waals surface area contributed by atoms with Gasteiger partial charge in [0.25, 0.3) is 5.89 Å². The van der Waals surface area contributed by atoms with Crippen molar-refractivity contribution in [2.75, 3.05) is 0 Å². The van der Waals surface area contributed by atoms with E-state index in [4.69, 9.17) is 8.83 Å². The summed E-state index contributed by atoms with van der Waals surface area (Å²) >= 11 is 1.49. The summed E-state index contributed by atoms with van der Waals surface area (Å²) in [5.74, 6) is 3.85. The minimum Gasteiger partial charge on any atom is -0.466 e. The molecule has 0 atom stereocenters. The van der Waals surface area contributed by atoms with Crippen molar-refractivity contribution < 1.29 is 8.83 Å². The minimum absolute atomic E-state index is 0.463. The molecule has 0 aliphatic heterocycles. The number of hydrogen-bond donors (Lipinski definition) is 0. The number of aromatic nitrogens is 6. The molecule has 0 amide bonds. The highest BCUT2D eigenvalue weighted by Crippen LogP contribution is 2.28. The molecule has 0 saturated heterocycles. The Kier molecular flexibility index (Phi) is 4.29. The van der Waals surface area contributed by atoms with Crippen LogP contribution < -0.4 is 0 Å². The minimum atomic E-state index is 0.463. The first-order valence-electron chi connectivity index (χ1n) is 7.94. The second-order valence-electron chi connectivity index (χ2n) is 5.72. The van der Waals surface area contributed by atoms with Crippen molar-refractivity contribution in [3.05, 3.63) is 48.0 Å². The van der Waals surface area contributed by atoms with Gasteiger partial charge in [-0.15, -0.1) is 20.4 Å². The molecule has 26 heavy (non-hydrogen) atoms. The molecule has 0 saturated carbocycles.